The third-order valence-electron chi connectivity index (χ3n) is 4.29. The molecule has 4 nitrogen and oxygen atoms in total. The number of nitrogens with zero attached hydrogens (tertiary/aromatic N) is 2. The molecule has 0 unspecified atom stereocenters. The van der Waals surface area contributed by atoms with E-state index in [2.05, 4.69) is 22.4 Å². The quantitative estimate of drug-likeness (QED) is 0.892. The van der Waals surface area contributed by atoms with Gasteiger partial charge in [0.25, 0.3) is 0 Å². The number of hydrogen-bond acceptors (Lipinski definition) is 3. The summed E-state index contributed by atoms with van der Waals surface area (Å²) in [4.78, 5) is 18.4. The number of nitrogens with one attached hydrogen (secondary N) is 1. The number of amides is 1. The topological polar surface area (TPSA) is 45.2 Å². The molecule has 1 aromatic rings. The molecule has 110 valence electrons. The fraction of sp³-hybridized carbons (Fsp3) is 0.625. The van der Waals surface area contributed by atoms with Crippen LogP contribution >= 0.6 is 0 Å². The van der Waals surface area contributed by atoms with Gasteiger partial charge in [0.15, 0.2) is 0 Å². The van der Waals surface area contributed by atoms with Crippen molar-refractivity contribution in [2.45, 2.75) is 32.1 Å². The van der Waals surface area contributed by atoms with Crippen molar-refractivity contribution >= 4 is 5.91 Å². The summed E-state index contributed by atoms with van der Waals surface area (Å²) >= 11 is 0. The Morgan fingerprint density at radius 1 is 1.30 bits per heavy atom. The number of piperidine rings is 1. The van der Waals surface area contributed by atoms with Crippen LogP contribution in [-0.2, 0) is 11.2 Å². The molecule has 1 aromatic heterocycles. The minimum absolute atomic E-state index is 0.151. The predicted molar refractivity (Wildman–Crippen MR) is 80.4 cm³/mol. The van der Waals surface area contributed by atoms with Crippen molar-refractivity contribution in [3.05, 3.63) is 30.1 Å². The smallest absolute Gasteiger partial charge is 0.228 e. The van der Waals surface area contributed by atoms with Crippen LogP contribution in [0.1, 0.15) is 31.2 Å². The fourth-order valence-corrected chi connectivity index (χ4v) is 3.13. The Hall–Kier alpha value is -1.42. The average Bonchev–Trinajstić information content (AvgIpc) is 2.48. The summed E-state index contributed by atoms with van der Waals surface area (Å²) in [5.74, 6) is 0.300. The van der Waals surface area contributed by atoms with E-state index in [1.54, 1.807) is 4.90 Å². The second-order valence-corrected chi connectivity index (χ2v) is 5.94. The van der Waals surface area contributed by atoms with Gasteiger partial charge in [-0.25, -0.2) is 0 Å². The van der Waals surface area contributed by atoms with Crippen LogP contribution in [0.5, 0.6) is 0 Å². The zero-order chi connectivity index (χ0) is 14.4. The lowest BCUT2D eigenvalue weighted by Crippen LogP contribution is -2.47. The van der Waals surface area contributed by atoms with Gasteiger partial charge in [0.1, 0.15) is 0 Å². The highest BCUT2D eigenvalue weighted by Gasteiger charge is 2.39. The molecule has 0 bridgehead atoms. The molecule has 20 heavy (non-hydrogen) atoms. The summed E-state index contributed by atoms with van der Waals surface area (Å²) in [5, 5.41) is 3.36. The third kappa shape index (κ3) is 3.57. The van der Waals surface area contributed by atoms with Gasteiger partial charge in [-0.3, -0.25) is 9.78 Å². The van der Waals surface area contributed by atoms with Crippen molar-refractivity contribution < 1.29 is 4.79 Å². The second kappa shape index (κ2) is 6.84. The Labute approximate surface area is 121 Å². The first-order valence-electron chi connectivity index (χ1n) is 7.45. The van der Waals surface area contributed by atoms with E-state index in [0.29, 0.717) is 5.91 Å². The Morgan fingerprint density at radius 2 is 1.95 bits per heavy atom. The zero-order valence-corrected chi connectivity index (χ0v) is 12.6. The van der Waals surface area contributed by atoms with Crippen LogP contribution in [0.2, 0.25) is 0 Å². The van der Waals surface area contributed by atoms with Crippen LogP contribution in [0.3, 0.4) is 0 Å². The molecule has 1 aliphatic heterocycles. The van der Waals surface area contributed by atoms with Crippen LogP contribution in [0.15, 0.2) is 24.5 Å². The molecule has 0 aromatic carbocycles. The average molecular weight is 275 g/mol. The van der Waals surface area contributed by atoms with Crippen LogP contribution in [0.25, 0.3) is 0 Å². The summed E-state index contributed by atoms with van der Waals surface area (Å²) in [7, 11) is 3.74. The SMILES string of the molecule is CN(C)C(=O)C1(CCCc2ccncc2)CCNCC1. The Kier molecular flexibility index (Phi) is 5.12. The van der Waals surface area contributed by atoms with Gasteiger partial charge in [-0.05, 0) is 62.9 Å². The highest BCUT2D eigenvalue weighted by Crippen LogP contribution is 2.36. The van der Waals surface area contributed by atoms with Gasteiger partial charge in [0, 0.05) is 26.5 Å². The van der Waals surface area contributed by atoms with Gasteiger partial charge in [0.2, 0.25) is 5.91 Å². The molecule has 0 radical (unpaired) electrons. The monoisotopic (exact) mass is 275 g/mol. The number of hydrogen-bond donors (Lipinski definition) is 1. The number of aryl methyl sites for hydroxylation is 1. The standard InChI is InChI=1S/C16H25N3O/c1-19(2)15(20)16(8-12-18-13-9-16)7-3-4-14-5-10-17-11-6-14/h5-6,10-11,18H,3-4,7-9,12-13H2,1-2H3. The Balaban J connectivity index is 1.96. The molecule has 1 saturated heterocycles. The second-order valence-electron chi connectivity index (χ2n) is 5.94. The van der Waals surface area contributed by atoms with Gasteiger partial charge in [-0.2, -0.15) is 0 Å². The summed E-state index contributed by atoms with van der Waals surface area (Å²) in [6, 6.07) is 4.12. The van der Waals surface area contributed by atoms with E-state index in [1.165, 1.54) is 5.56 Å². The van der Waals surface area contributed by atoms with Gasteiger partial charge >= 0.3 is 0 Å². The lowest BCUT2D eigenvalue weighted by molar-refractivity contribution is -0.141. The molecule has 2 heterocycles. The van der Waals surface area contributed by atoms with Gasteiger partial charge in [-0.1, -0.05) is 0 Å². The maximum absolute atomic E-state index is 12.6. The highest BCUT2D eigenvalue weighted by atomic mass is 16.2. The largest absolute Gasteiger partial charge is 0.348 e. The number of carbonyl (C=O) groups excluding carboxylic acids is 1. The van der Waals surface area contributed by atoms with E-state index in [1.807, 2.05) is 26.5 Å². The summed E-state index contributed by atoms with van der Waals surface area (Å²) in [6.07, 6.45) is 8.65. The van der Waals surface area contributed by atoms with Gasteiger partial charge in [0.05, 0.1) is 5.41 Å². The first-order valence-corrected chi connectivity index (χ1v) is 7.45. The summed E-state index contributed by atoms with van der Waals surface area (Å²) in [5.41, 5.74) is 1.16. The molecule has 0 atom stereocenters. The molecular formula is C16H25N3O. The van der Waals surface area contributed by atoms with Crippen LogP contribution in [-0.4, -0.2) is 43.0 Å². The summed E-state index contributed by atoms with van der Waals surface area (Å²) < 4.78 is 0. The lowest BCUT2D eigenvalue weighted by atomic mass is 9.73. The maximum Gasteiger partial charge on any atom is 0.228 e. The van der Waals surface area contributed by atoms with Crippen LogP contribution < -0.4 is 5.32 Å². The van der Waals surface area contributed by atoms with Crippen molar-refractivity contribution in [2.24, 2.45) is 5.41 Å². The van der Waals surface area contributed by atoms with Crippen LogP contribution in [0, 0.1) is 5.41 Å². The van der Waals surface area contributed by atoms with Gasteiger partial charge in [-0.15, -0.1) is 0 Å². The van der Waals surface area contributed by atoms with Crippen molar-refractivity contribution in [3.8, 4) is 0 Å². The fourth-order valence-electron chi connectivity index (χ4n) is 3.13. The van der Waals surface area contributed by atoms with Crippen molar-refractivity contribution in [1.29, 1.82) is 0 Å². The van der Waals surface area contributed by atoms with Crippen molar-refractivity contribution in [2.75, 3.05) is 27.2 Å². The van der Waals surface area contributed by atoms with E-state index in [-0.39, 0.29) is 5.41 Å². The maximum atomic E-state index is 12.6. The highest BCUT2D eigenvalue weighted by molar-refractivity contribution is 5.82. The van der Waals surface area contributed by atoms with E-state index in [9.17, 15) is 4.79 Å². The summed E-state index contributed by atoms with van der Waals surface area (Å²) in [6.45, 7) is 1.91. The number of carbonyl (C=O) groups is 1. The van der Waals surface area contributed by atoms with Crippen molar-refractivity contribution in [3.63, 3.8) is 0 Å². The lowest BCUT2D eigenvalue weighted by Gasteiger charge is -2.38. The number of aromatic nitrogens is 1. The van der Waals surface area contributed by atoms with E-state index in [0.717, 1.165) is 45.2 Å². The molecule has 1 fully saturated rings. The number of pyridine rings is 1. The predicted octanol–water partition coefficient (Wildman–Crippen LogP) is 1.86. The van der Waals surface area contributed by atoms with Crippen LogP contribution in [0.4, 0.5) is 0 Å². The van der Waals surface area contributed by atoms with Gasteiger partial charge < -0.3 is 10.2 Å². The zero-order valence-electron chi connectivity index (χ0n) is 12.6. The molecule has 1 N–H and O–H groups in total. The van der Waals surface area contributed by atoms with E-state index < -0.39 is 0 Å². The molecule has 0 saturated carbocycles. The first kappa shape index (κ1) is 15.0. The molecule has 2 rings (SSSR count). The Bertz CT molecular complexity index is 425. The van der Waals surface area contributed by atoms with E-state index >= 15 is 0 Å². The van der Waals surface area contributed by atoms with E-state index in [4.69, 9.17) is 0 Å². The molecule has 1 aliphatic rings. The molecule has 0 aliphatic carbocycles. The van der Waals surface area contributed by atoms with Crippen molar-refractivity contribution in [1.82, 2.24) is 15.2 Å². The molecular weight excluding hydrogens is 250 g/mol. The Morgan fingerprint density at radius 3 is 2.55 bits per heavy atom. The minimum atomic E-state index is -0.151. The number of rotatable bonds is 5. The molecule has 4 heteroatoms. The normalized spacial score (nSPS) is 17.7. The minimum Gasteiger partial charge on any atom is -0.348 e. The first-order chi connectivity index (χ1) is 9.64. The molecule has 0 spiro atoms. The third-order valence-corrected chi connectivity index (χ3v) is 4.29. The molecule has 1 amide bonds.